The molecular weight excluding hydrogens is 516 g/mol. The van der Waals surface area contributed by atoms with Crippen molar-refractivity contribution in [1.82, 2.24) is 9.29 Å². The molecule has 0 amide bonds. The van der Waals surface area contributed by atoms with Gasteiger partial charge >= 0.3 is 0 Å². The van der Waals surface area contributed by atoms with Crippen LogP contribution >= 0.6 is 0 Å². The average Bonchev–Trinajstić information content (AvgIpc) is 3.36. The van der Waals surface area contributed by atoms with Gasteiger partial charge in [-0.15, -0.1) is 0 Å². The van der Waals surface area contributed by atoms with E-state index < -0.39 is 10.0 Å². The summed E-state index contributed by atoms with van der Waals surface area (Å²) in [6, 6.07) is 19.4. The van der Waals surface area contributed by atoms with Crippen molar-refractivity contribution in [2.75, 3.05) is 13.4 Å². The number of aromatic nitrogens is 1. The molecule has 0 fully saturated rings. The first-order valence-corrected chi connectivity index (χ1v) is 14.3. The highest BCUT2D eigenvalue weighted by molar-refractivity contribution is 7.89. The first-order valence-electron chi connectivity index (χ1n) is 12.8. The third-order valence-corrected chi connectivity index (χ3v) is 8.51. The number of hydrogen-bond acceptors (Lipinski definition) is 6. The number of aromatic amines is 1. The minimum Gasteiger partial charge on any atom is -0.494 e. The molecule has 0 bridgehead atoms. The molecule has 8 nitrogen and oxygen atoms in total. The van der Waals surface area contributed by atoms with E-state index in [1.165, 1.54) is 4.31 Å². The first-order chi connectivity index (χ1) is 18.5. The third-order valence-electron chi connectivity index (χ3n) is 6.70. The van der Waals surface area contributed by atoms with Gasteiger partial charge < -0.3 is 19.2 Å². The molecule has 3 aromatic carbocycles. The summed E-state index contributed by atoms with van der Waals surface area (Å²) in [5.74, 6) is 1.85. The van der Waals surface area contributed by atoms with E-state index in [0.29, 0.717) is 40.5 Å². The van der Waals surface area contributed by atoms with Crippen LogP contribution in [0, 0.1) is 0 Å². The lowest BCUT2D eigenvalue weighted by molar-refractivity contribution is 0.174. The minimum atomic E-state index is -3.98. The van der Waals surface area contributed by atoms with Crippen molar-refractivity contribution < 1.29 is 22.6 Å². The number of nitrogens with one attached hydrogen (secondary N) is 1. The Hall–Kier alpha value is -3.82. The zero-order valence-corrected chi connectivity index (χ0v) is 23.3. The number of sulfonamides is 1. The second-order valence-electron chi connectivity index (χ2n) is 10.5. The fraction of sp³-hybridized carbons (Fsp3) is 0.300. The van der Waals surface area contributed by atoms with E-state index in [0.717, 1.165) is 10.9 Å². The number of pyridine rings is 1. The van der Waals surface area contributed by atoms with Crippen LogP contribution in [0.2, 0.25) is 0 Å². The van der Waals surface area contributed by atoms with Gasteiger partial charge in [-0.25, -0.2) is 8.42 Å². The van der Waals surface area contributed by atoms with Gasteiger partial charge in [0.15, 0.2) is 11.5 Å². The van der Waals surface area contributed by atoms with E-state index in [1.807, 2.05) is 25.1 Å². The van der Waals surface area contributed by atoms with Gasteiger partial charge in [0.25, 0.3) is 5.56 Å². The molecule has 0 unspecified atom stereocenters. The smallest absolute Gasteiger partial charge is 0.252 e. The fourth-order valence-electron chi connectivity index (χ4n) is 4.54. The lowest BCUT2D eigenvalue weighted by Crippen LogP contribution is -2.32. The molecule has 0 saturated carbocycles. The van der Waals surface area contributed by atoms with E-state index in [1.54, 1.807) is 48.5 Å². The van der Waals surface area contributed by atoms with Crippen molar-refractivity contribution >= 4 is 20.9 Å². The second-order valence-corrected chi connectivity index (χ2v) is 12.5. The van der Waals surface area contributed by atoms with Crippen molar-refractivity contribution in [3.8, 4) is 17.2 Å². The Balaban J connectivity index is 1.54. The highest BCUT2D eigenvalue weighted by Gasteiger charge is 2.27. The maximum Gasteiger partial charge on any atom is 0.252 e. The second kappa shape index (κ2) is 10.4. The minimum absolute atomic E-state index is 0.0382. The first kappa shape index (κ1) is 26.8. The van der Waals surface area contributed by atoms with Crippen LogP contribution in [0.4, 0.5) is 0 Å². The van der Waals surface area contributed by atoms with Crippen molar-refractivity contribution in [3.05, 3.63) is 93.8 Å². The Labute approximate surface area is 228 Å². The molecular formula is C30H32N2O6S. The Morgan fingerprint density at radius 2 is 1.67 bits per heavy atom. The highest BCUT2D eigenvalue weighted by Crippen LogP contribution is 2.34. The molecule has 204 valence electrons. The van der Waals surface area contributed by atoms with Crippen LogP contribution in [0.25, 0.3) is 10.9 Å². The molecule has 4 aromatic rings. The number of hydrogen-bond donors (Lipinski definition) is 1. The number of benzene rings is 3. The summed E-state index contributed by atoms with van der Waals surface area (Å²) >= 11 is 0. The summed E-state index contributed by atoms with van der Waals surface area (Å²) in [6.07, 6.45) is 0. The van der Waals surface area contributed by atoms with Crippen molar-refractivity contribution in [3.63, 3.8) is 0 Å². The molecule has 39 heavy (non-hydrogen) atoms. The molecule has 1 aliphatic rings. The van der Waals surface area contributed by atoms with E-state index in [2.05, 4.69) is 25.8 Å². The van der Waals surface area contributed by atoms with Crippen molar-refractivity contribution in [2.45, 2.75) is 51.1 Å². The molecule has 0 atom stereocenters. The van der Waals surface area contributed by atoms with E-state index in [-0.39, 0.29) is 35.8 Å². The summed E-state index contributed by atoms with van der Waals surface area (Å²) < 4.78 is 45.8. The molecule has 1 aromatic heterocycles. The van der Waals surface area contributed by atoms with Crippen LogP contribution in [-0.4, -0.2) is 31.1 Å². The zero-order valence-electron chi connectivity index (χ0n) is 22.5. The topological polar surface area (TPSA) is 97.9 Å². The van der Waals surface area contributed by atoms with Gasteiger partial charge in [-0.3, -0.25) is 4.79 Å². The van der Waals surface area contributed by atoms with Gasteiger partial charge in [-0.05, 0) is 72.0 Å². The predicted octanol–water partition coefficient (Wildman–Crippen LogP) is 5.34. The molecule has 0 saturated heterocycles. The number of nitrogens with zero attached hydrogens (tertiary/aromatic N) is 1. The van der Waals surface area contributed by atoms with Crippen LogP contribution in [0.15, 0.2) is 76.4 Å². The molecule has 1 N–H and O–H groups in total. The van der Waals surface area contributed by atoms with E-state index in [9.17, 15) is 13.2 Å². The summed E-state index contributed by atoms with van der Waals surface area (Å²) in [5, 5.41) is 0.755. The highest BCUT2D eigenvalue weighted by atomic mass is 32.2. The Morgan fingerprint density at radius 3 is 2.38 bits per heavy atom. The van der Waals surface area contributed by atoms with Gasteiger partial charge in [0, 0.05) is 29.6 Å². The van der Waals surface area contributed by atoms with Crippen LogP contribution in [0.1, 0.15) is 44.4 Å². The van der Waals surface area contributed by atoms with Crippen LogP contribution in [0.3, 0.4) is 0 Å². The number of fused-ring (bicyclic) bond motifs is 2. The largest absolute Gasteiger partial charge is 0.494 e. The summed E-state index contributed by atoms with van der Waals surface area (Å²) in [4.78, 5) is 16.1. The standard InChI is InChI=1S/C30H32N2O6S/c1-5-36-24-9-12-26-21(16-24)15-22(29(33)31-26)18-32(17-20-6-13-27-28(14-20)38-19-37-27)39(34,35)25-10-7-23(8-11-25)30(2,3)4/h6-16H,5,17-19H2,1-4H3,(H,31,33). The molecule has 9 heteroatoms. The maximum absolute atomic E-state index is 14.0. The SMILES string of the molecule is CCOc1ccc2[nH]c(=O)c(CN(Cc3ccc4c(c3)OCO4)S(=O)(=O)c3ccc(C(C)(C)C)cc3)cc2c1. The molecule has 1 aliphatic heterocycles. The molecule has 2 heterocycles. The molecule has 0 spiro atoms. The number of H-pyrrole nitrogens is 1. The van der Waals surface area contributed by atoms with Crippen molar-refractivity contribution in [2.24, 2.45) is 0 Å². The van der Waals surface area contributed by atoms with Crippen LogP contribution < -0.4 is 19.8 Å². The van der Waals surface area contributed by atoms with Gasteiger partial charge in [0.1, 0.15) is 5.75 Å². The van der Waals surface area contributed by atoms with E-state index >= 15 is 0 Å². The summed E-state index contributed by atoms with van der Waals surface area (Å²) in [6.45, 7) is 8.67. The van der Waals surface area contributed by atoms with Crippen molar-refractivity contribution in [1.29, 1.82) is 0 Å². The molecule has 0 radical (unpaired) electrons. The normalized spacial score (nSPS) is 13.3. The fourth-order valence-corrected chi connectivity index (χ4v) is 5.94. The quantitative estimate of drug-likeness (QED) is 0.319. The van der Waals surface area contributed by atoms with Gasteiger partial charge in [0.05, 0.1) is 11.5 Å². The molecule has 5 rings (SSSR count). The molecule has 0 aliphatic carbocycles. The van der Waals surface area contributed by atoms with Crippen LogP contribution in [-0.2, 0) is 28.5 Å². The van der Waals surface area contributed by atoms with Gasteiger partial charge in [0.2, 0.25) is 16.8 Å². The maximum atomic E-state index is 14.0. The Kier molecular flexibility index (Phi) is 7.13. The average molecular weight is 549 g/mol. The number of ether oxygens (including phenoxy) is 3. The zero-order chi connectivity index (χ0) is 27.8. The third kappa shape index (κ3) is 5.65. The monoisotopic (exact) mass is 548 g/mol. The van der Waals surface area contributed by atoms with E-state index in [4.69, 9.17) is 14.2 Å². The van der Waals surface area contributed by atoms with Crippen LogP contribution in [0.5, 0.6) is 17.2 Å². The predicted molar refractivity (Wildman–Crippen MR) is 150 cm³/mol. The Bertz CT molecular complexity index is 1670. The lowest BCUT2D eigenvalue weighted by Gasteiger charge is -2.24. The number of rotatable bonds is 8. The van der Waals surface area contributed by atoms with Gasteiger partial charge in [-0.1, -0.05) is 39.0 Å². The Morgan fingerprint density at radius 1 is 0.923 bits per heavy atom. The van der Waals surface area contributed by atoms with Gasteiger partial charge in [-0.2, -0.15) is 4.31 Å². The summed E-state index contributed by atoms with van der Waals surface area (Å²) in [5.41, 5.74) is 2.25. The lowest BCUT2D eigenvalue weighted by atomic mass is 9.87. The summed E-state index contributed by atoms with van der Waals surface area (Å²) in [7, 11) is -3.98.